The first kappa shape index (κ1) is 13.1. The molecule has 0 radical (unpaired) electrons. The molecule has 0 bridgehead atoms. The zero-order valence-electron chi connectivity index (χ0n) is 11.1. The number of rotatable bonds is 4. The van der Waals surface area contributed by atoms with Crippen LogP contribution in [0, 0.1) is 13.8 Å². The molecule has 0 saturated heterocycles. The highest BCUT2D eigenvalue weighted by atomic mass is 16.5. The maximum absolute atomic E-state index is 12.0. The van der Waals surface area contributed by atoms with Gasteiger partial charge in [-0.25, -0.2) is 4.98 Å². The van der Waals surface area contributed by atoms with Crippen LogP contribution < -0.4 is 10.1 Å². The SMILES string of the molecule is COc1ncccc1NC(=O)Cc1c(C)noc1C. The molecule has 6 nitrogen and oxygen atoms in total. The van der Waals surface area contributed by atoms with E-state index in [0.29, 0.717) is 17.3 Å². The predicted molar refractivity (Wildman–Crippen MR) is 69.1 cm³/mol. The zero-order valence-corrected chi connectivity index (χ0v) is 11.1. The number of carbonyl (C=O) groups excluding carboxylic acids is 1. The second kappa shape index (κ2) is 5.51. The van der Waals surface area contributed by atoms with Crippen molar-refractivity contribution >= 4 is 11.6 Å². The van der Waals surface area contributed by atoms with Crippen LogP contribution in [0.15, 0.2) is 22.9 Å². The van der Waals surface area contributed by atoms with Crippen LogP contribution in [0.5, 0.6) is 5.88 Å². The van der Waals surface area contributed by atoms with E-state index in [-0.39, 0.29) is 12.3 Å². The lowest BCUT2D eigenvalue weighted by atomic mass is 10.1. The van der Waals surface area contributed by atoms with Crippen molar-refractivity contribution in [1.82, 2.24) is 10.1 Å². The van der Waals surface area contributed by atoms with Gasteiger partial charge in [0.2, 0.25) is 11.8 Å². The van der Waals surface area contributed by atoms with E-state index in [9.17, 15) is 4.79 Å². The third-order valence-electron chi connectivity index (χ3n) is 2.76. The van der Waals surface area contributed by atoms with E-state index in [2.05, 4.69) is 15.5 Å². The van der Waals surface area contributed by atoms with Crippen LogP contribution in [0.25, 0.3) is 0 Å². The summed E-state index contributed by atoms with van der Waals surface area (Å²) >= 11 is 0. The van der Waals surface area contributed by atoms with Gasteiger partial charge in [-0.05, 0) is 26.0 Å². The standard InChI is InChI=1S/C13H15N3O3/c1-8-10(9(2)19-16-8)7-12(17)15-11-5-4-6-14-13(11)18-3/h4-6H,7H2,1-3H3,(H,15,17). The number of amides is 1. The van der Waals surface area contributed by atoms with Crippen molar-refractivity contribution in [3.8, 4) is 5.88 Å². The van der Waals surface area contributed by atoms with Crippen molar-refractivity contribution < 1.29 is 14.1 Å². The average Bonchev–Trinajstić information content (AvgIpc) is 2.71. The summed E-state index contributed by atoms with van der Waals surface area (Å²) in [6, 6.07) is 3.46. The number of methoxy groups -OCH3 is 1. The molecule has 19 heavy (non-hydrogen) atoms. The molecule has 1 N–H and O–H groups in total. The summed E-state index contributed by atoms with van der Waals surface area (Å²) in [4.78, 5) is 16.0. The number of nitrogens with one attached hydrogen (secondary N) is 1. The second-order valence-electron chi connectivity index (χ2n) is 4.09. The highest BCUT2D eigenvalue weighted by Crippen LogP contribution is 2.20. The lowest BCUT2D eigenvalue weighted by molar-refractivity contribution is -0.115. The Bertz CT molecular complexity index is 573. The number of carbonyl (C=O) groups is 1. The molecule has 0 saturated carbocycles. The Labute approximate surface area is 110 Å². The number of nitrogens with zero attached hydrogens (tertiary/aromatic N) is 2. The summed E-state index contributed by atoms with van der Waals surface area (Å²) in [6.45, 7) is 3.59. The van der Waals surface area contributed by atoms with Gasteiger partial charge in [-0.3, -0.25) is 4.79 Å². The third-order valence-corrected chi connectivity index (χ3v) is 2.76. The lowest BCUT2D eigenvalue weighted by Gasteiger charge is -2.08. The number of ether oxygens (including phenoxy) is 1. The Hall–Kier alpha value is -2.37. The topological polar surface area (TPSA) is 77.2 Å². The van der Waals surface area contributed by atoms with E-state index in [4.69, 9.17) is 9.26 Å². The van der Waals surface area contributed by atoms with Gasteiger partial charge >= 0.3 is 0 Å². The van der Waals surface area contributed by atoms with E-state index in [0.717, 1.165) is 11.3 Å². The summed E-state index contributed by atoms with van der Waals surface area (Å²) < 4.78 is 10.1. The monoisotopic (exact) mass is 261 g/mol. The molecule has 6 heteroatoms. The highest BCUT2D eigenvalue weighted by molar-refractivity contribution is 5.93. The molecule has 2 aromatic rings. The zero-order chi connectivity index (χ0) is 13.8. The second-order valence-corrected chi connectivity index (χ2v) is 4.09. The normalized spacial score (nSPS) is 10.3. The molecule has 0 spiro atoms. The van der Waals surface area contributed by atoms with Crippen LogP contribution in [0.2, 0.25) is 0 Å². The van der Waals surface area contributed by atoms with E-state index in [1.807, 2.05) is 6.92 Å². The van der Waals surface area contributed by atoms with Gasteiger partial charge in [-0.15, -0.1) is 0 Å². The number of anilines is 1. The molecule has 0 unspecified atom stereocenters. The summed E-state index contributed by atoms with van der Waals surface area (Å²) in [5, 5.41) is 6.58. The molecule has 0 aliphatic carbocycles. The minimum absolute atomic E-state index is 0.166. The molecule has 0 aliphatic heterocycles. The van der Waals surface area contributed by atoms with Crippen LogP contribution in [0.1, 0.15) is 17.0 Å². The summed E-state index contributed by atoms with van der Waals surface area (Å²) in [7, 11) is 1.51. The molecule has 2 rings (SSSR count). The molecule has 100 valence electrons. The van der Waals surface area contributed by atoms with Gasteiger partial charge < -0.3 is 14.6 Å². The predicted octanol–water partition coefficient (Wildman–Crippen LogP) is 1.88. The first-order valence-corrected chi connectivity index (χ1v) is 5.82. The average molecular weight is 261 g/mol. The highest BCUT2D eigenvalue weighted by Gasteiger charge is 2.14. The van der Waals surface area contributed by atoms with Crippen molar-refractivity contribution in [3.63, 3.8) is 0 Å². The van der Waals surface area contributed by atoms with E-state index < -0.39 is 0 Å². The Balaban J connectivity index is 2.10. The van der Waals surface area contributed by atoms with Gasteiger partial charge in [-0.2, -0.15) is 0 Å². The third kappa shape index (κ3) is 2.90. The van der Waals surface area contributed by atoms with Crippen molar-refractivity contribution in [1.29, 1.82) is 0 Å². The number of hydrogen-bond donors (Lipinski definition) is 1. The summed E-state index contributed by atoms with van der Waals surface area (Å²) in [5.41, 5.74) is 2.08. The molecule has 2 aromatic heterocycles. The van der Waals surface area contributed by atoms with Crippen LogP contribution in [-0.2, 0) is 11.2 Å². The number of aromatic nitrogens is 2. The van der Waals surface area contributed by atoms with E-state index in [1.165, 1.54) is 7.11 Å². The Kier molecular flexibility index (Phi) is 3.79. The molecule has 1 amide bonds. The van der Waals surface area contributed by atoms with E-state index >= 15 is 0 Å². The number of aryl methyl sites for hydroxylation is 2. The Morgan fingerprint density at radius 2 is 2.26 bits per heavy atom. The molecular formula is C13H15N3O3. The molecule has 2 heterocycles. The first-order valence-electron chi connectivity index (χ1n) is 5.82. The maximum Gasteiger partial charge on any atom is 0.237 e. The fraction of sp³-hybridized carbons (Fsp3) is 0.308. The summed E-state index contributed by atoms with van der Waals surface area (Å²) in [5.74, 6) is 0.876. The fourth-order valence-corrected chi connectivity index (χ4v) is 1.76. The van der Waals surface area contributed by atoms with Gasteiger partial charge in [0.05, 0.1) is 19.2 Å². The first-order chi connectivity index (χ1) is 9.11. The van der Waals surface area contributed by atoms with Crippen molar-refractivity contribution in [2.45, 2.75) is 20.3 Å². The fourth-order valence-electron chi connectivity index (χ4n) is 1.76. The summed E-state index contributed by atoms with van der Waals surface area (Å²) in [6.07, 6.45) is 1.81. The number of pyridine rings is 1. The largest absolute Gasteiger partial charge is 0.480 e. The molecule has 0 aromatic carbocycles. The molecule has 0 aliphatic rings. The van der Waals surface area contributed by atoms with Crippen LogP contribution >= 0.6 is 0 Å². The van der Waals surface area contributed by atoms with Crippen molar-refractivity contribution in [2.24, 2.45) is 0 Å². The van der Waals surface area contributed by atoms with Crippen molar-refractivity contribution in [3.05, 3.63) is 35.3 Å². The smallest absolute Gasteiger partial charge is 0.237 e. The quantitative estimate of drug-likeness (QED) is 0.909. The number of hydrogen-bond acceptors (Lipinski definition) is 5. The molecular weight excluding hydrogens is 246 g/mol. The maximum atomic E-state index is 12.0. The van der Waals surface area contributed by atoms with Gasteiger partial charge in [-0.1, -0.05) is 5.16 Å². The van der Waals surface area contributed by atoms with Gasteiger partial charge in [0.1, 0.15) is 11.4 Å². The van der Waals surface area contributed by atoms with Crippen molar-refractivity contribution in [2.75, 3.05) is 12.4 Å². The lowest BCUT2D eigenvalue weighted by Crippen LogP contribution is -2.16. The Morgan fingerprint density at radius 3 is 2.89 bits per heavy atom. The van der Waals surface area contributed by atoms with Crippen LogP contribution in [0.3, 0.4) is 0 Å². The van der Waals surface area contributed by atoms with Crippen LogP contribution in [-0.4, -0.2) is 23.2 Å². The molecule has 0 fully saturated rings. The van der Waals surface area contributed by atoms with E-state index in [1.54, 1.807) is 25.3 Å². The minimum atomic E-state index is -0.166. The van der Waals surface area contributed by atoms with Gasteiger partial charge in [0.25, 0.3) is 0 Å². The van der Waals surface area contributed by atoms with Gasteiger partial charge in [0, 0.05) is 11.8 Å². The Morgan fingerprint density at radius 1 is 1.47 bits per heavy atom. The molecule has 0 atom stereocenters. The van der Waals surface area contributed by atoms with Crippen LogP contribution in [0.4, 0.5) is 5.69 Å². The van der Waals surface area contributed by atoms with Gasteiger partial charge in [0.15, 0.2) is 0 Å². The minimum Gasteiger partial charge on any atom is -0.480 e.